The van der Waals surface area contributed by atoms with Gasteiger partial charge in [-0.05, 0) is 73.0 Å². The van der Waals surface area contributed by atoms with Crippen LogP contribution in [0.2, 0.25) is 0 Å². The van der Waals surface area contributed by atoms with Crippen molar-refractivity contribution in [3.63, 3.8) is 0 Å². The van der Waals surface area contributed by atoms with Crippen LogP contribution in [0.5, 0.6) is 0 Å². The fourth-order valence-corrected chi connectivity index (χ4v) is 4.49. The number of hydrogen-bond donors (Lipinski definition) is 0. The van der Waals surface area contributed by atoms with E-state index >= 15 is 0 Å². The van der Waals surface area contributed by atoms with E-state index in [1.54, 1.807) is 11.1 Å². The molecule has 1 aromatic rings. The van der Waals surface area contributed by atoms with Crippen molar-refractivity contribution in [2.24, 2.45) is 5.92 Å². The van der Waals surface area contributed by atoms with Gasteiger partial charge >= 0.3 is 0 Å². The third-order valence-corrected chi connectivity index (χ3v) is 6.43. The van der Waals surface area contributed by atoms with Crippen LogP contribution in [-0.4, -0.2) is 76.3 Å². The topological polar surface area (TPSA) is 69.6 Å². The van der Waals surface area contributed by atoms with Crippen molar-refractivity contribution in [1.29, 1.82) is 0 Å². The summed E-state index contributed by atoms with van der Waals surface area (Å²) in [5.74, 6) is 1.02. The Hall–Kier alpha value is -2.02. The average molecular weight is 402 g/mol. The molecule has 2 aliphatic rings. The Morgan fingerprint density at radius 2 is 1.79 bits per heavy atom. The molecule has 160 valence electrons. The molecule has 2 amide bonds. The maximum Gasteiger partial charge on any atom is 0.257 e. The molecule has 0 radical (unpaired) electrons. The lowest BCUT2D eigenvalue weighted by Gasteiger charge is -2.39. The summed E-state index contributed by atoms with van der Waals surface area (Å²) >= 11 is 0. The van der Waals surface area contributed by atoms with Gasteiger partial charge in [0, 0.05) is 31.7 Å². The Balaban J connectivity index is 1.79. The molecule has 0 bridgehead atoms. The number of amides is 2. The minimum Gasteiger partial charge on any atom is -0.339 e. The van der Waals surface area contributed by atoms with Crippen LogP contribution in [0, 0.1) is 12.8 Å². The van der Waals surface area contributed by atoms with E-state index in [0.717, 1.165) is 51.7 Å². The Labute approximate surface area is 174 Å². The van der Waals surface area contributed by atoms with Crippen LogP contribution in [0.4, 0.5) is 0 Å². The van der Waals surface area contributed by atoms with E-state index in [4.69, 9.17) is 4.98 Å². The predicted molar refractivity (Wildman–Crippen MR) is 113 cm³/mol. The highest BCUT2D eigenvalue weighted by molar-refractivity contribution is 5.94. The van der Waals surface area contributed by atoms with Gasteiger partial charge in [-0.15, -0.1) is 0 Å². The van der Waals surface area contributed by atoms with Crippen LogP contribution < -0.4 is 0 Å². The van der Waals surface area contributed by atoms with Crippen LogP contribution in [0.25, 0.3) is 0 Å². The second-order valence-electron chi connectivity index (χ2n) is 8.33. The van der Waals surface area contributed by atoms with Crippen molar-refractivity contribution < 1.29 is 9.59 Å². The molecule has 0 aromatic carbocycles. The van der Waals surface area contributed by atoms with Crippen LogP contribution in [-0.2, 0) is 4.79 Å². The largest absolute Gasteiger partial charge is 0.339 e. The Kier molecular flexibility index (Phi) is 7.22. The minimum absolute atomic E-state index is 0.0260. The standard InChI is InChI=1S/C22H35N5O2/c1-5-26(6-2)22(29)18-15-23-20(24-16(18)3)19-9-7-8-12-27(19)21(28)17-10-13-25(4)14-11-17/h15,17,19H,5-14H2,1-4H3/t19-/m0/s1. The molecule has 2 saturated heterocycles. The number of likely N-dealkylation sites (tertiary alicyclic amines) is 2. The highest BCUT2D eigenvalue weighted by Crippen LogP contribution is 2.32. The highest BCUT2D eigenvalue weighted by Gasteiger charge is 2.35. The van der Waals surface area contributed by atoms with Crippen molar-refractivity contribution in [1.82, 2.24) is 24.7 Å². The number of rotatable bonds is 5. The maximum atomic E-state index is 13.3. The molecule has 7 heteroatoms. The van der Waals surface area contributed by atoms with Crippen molar-refractivity contribution in [3.8, 4) is 0 Å². The van der Waals surface area contributed by atoms with Gasteiger partial charge in [-0.25, -0.2) is 9.97 Å². The van der Waals surface area contributed by atoms with E-state index in [2.05, 4.69) is 16.9 Å². The van der Waals surface area contributed by atoms with E-state index < -0.39 is 0 Å². The maximum absolute atomic E-state index is 13.3. The van der Waals surface area contributed by atoms with Gasteiger partial charge in [0.25, 0.3) is 5.91 Å². The summed E-state index contributed by atoms with van der Waals surface area (Å²) < 4.78 is 0. The third kappa shape index (κ3) is 4.77. The van der Waals surface area contributed by atoms with Gasteiger partial charge in [0.1, 0.15) is 0 Å². The quantitative estimate of drug-likeness (QED) is 0.759. The smallest absolute Gasteiger partial charge is 0.257 e. The third-order valence-electron chi connectivity index (χ3n) is 6.43. The molecule has 0 saturated carbocycles. The lowest BCUT2D eigenvalue weighted by Crippen LogP contribution is -2.45. The fraction of sp³-hybridized carbons (Fsp3) is 0.727. The summed E-state index contributed by atoms with van der Waals surface area (Å²) in [7, 11) is 2.11. The number of hydrogen-bond acceptors (Lipinski definition) is 5. The van der Waals surface area contributed by atoms with E-state index in [0.29, 0.717) is 30.2 Å². The number of aromatic nitrogens is 2. The first-order chi connectivity index (χ1) is 14.0. The van der Waals surface area contributed by atoms with Crippen molar-refractivity contribution in [2.45, 2.75) is 58.9 Å². The molecule has 3 heterocycles. The molecule has 3 rings (SSSR count). The van der Waals surface area contributed by atoms with Gasteiger partial charge in [0.05, 0.1) is 17.3 Å². The van der Waals surface area contributed by atoms with E-state index in [-0.39, 0.29) is 23.8 Å². The molecule has 0 spiro atoms. The summed E-state index contributed by atoms with van der Waals surface area (Å²) in [5.41, 5.74) is 1.26. The van der Waals surface area contributed by atoms with E-state index in [1.807, 2.05) is 25.7 Å². The summed E-state index contributed by atoms with van der Waals surface area (Å²) in [5, 5.41) is 0. The molecule has 1 aromatic heterocycles. The van der Waals surface area contributed by atoms with Crippen LogP contribution in [0.15, 0.2) is 6.20 Å². The van der Waals surface area contributed by atoms with Crippen LogP contribution in [0.1, 0.15) is 73.9 Å². The number of carbonyl (C=O) groups is 2. The molecule has 0 N–H and O–H groups in total. The molecule has 2 fully saturated rings. The molecular weight excluding hydrogens is 366 g/mol. The Morgan fingerprint density at radius 1 is 1.10 bits per heavy atom. The van der Waals surface area contributed by atoms with E-state index in [9.17, 15) is 9.59 Å². The van der Waals surface area contributed by atoms with Gasteiger partial charge in [0.2, 0.25) is 5.91 Å². The number of nitrogens with zero attached hydrogens (tertiary/aromatic N) is 5. The second kappa shape index (κ2) is 9.65. The first kappa shape index (κ1) is 21.7. The first-order valence-electron chi connectivity index (χ1n) is 11.1. The zero-order valence-electron chi connectivity index (χ0n) is 18.4. The summed E-state index contributed by atoms with van der Waals surface area (Å²) in [6.45, 7) is 9.88. The lowest BCUT2D eigenvalue weighted by atomic mass is 9.92. The van der Waals surface area contributed by atoms with Gasteiger partial charge in [-0.1, -0.05) is 0 Å². The molecule has 2 aliphatic heterocycles. The number of aryl methyl sites for hydroxylation is 1. The summed E-state index contributed by atoms with van der Waals surface area (Å²) in [6, 6.07) is -0.0767. The summed E-state index contributed by atoms with van der Waals surface area (Å²) in [6.07, 6.45) is 6.51. The lowest BCUT2D eigenvalue weighted by molar-refractivity contribution is -0.141. The summed E-state index contributed by atoms with van der Waals surface area (Å²) in [4.78, 5) is 41.3. The number of piperidine rings is 2. The van der Waals surface area contributed by atoms with E-state index in [1.165, 1.54) is 0 Å². The van der Waals surface area contributed by atoms with Gasteiger partial charge < -0.3 is 14.7 Å². The SMILES string of the molecule is CCN(CC)C(=O)c1cnc([C@@H]2CCCCN2C(=O)C2CCN(C)CC2)nc1C. The zero-order chi connectivity index (χ0) is 21.0. The highest BCUT2D eigenvalue weighted by atomic mass is 16.2. The molecular formula is C22H35N5O2. The molecule has 0 aliphatic carbocycles. The zero-order valence-corrected chi connectivity index (χ0v) is 18.4. The predicted octanol–water partition coefficient (Wildman–Crippen LogP) is 2.66. The van der Waals surface area contributed by atoms with Crippen molar-refractivity contribution in [3.05, 3.63) is 23.3 Å². The van der Waals surface area contributed by atoms with Gasteiger partial charge in [-0.2, -0.15) is 0 Å². The molecule has 0 unspecified atom stereocenters. The van der Waals surface area contributed by atoms with Gasteiger partial charge in [-0.3, -0.25) is 9.59 Å². The number of carbonyl (C=O) groups excluding carboxylic acids is 2. The first-order valence-corrected chi connectivity index (χ1v) is 11.1. The average Bonchev–Trinajstić information content (AvgIpc) is 2.74. The normalized spacial score (nSPS) is 21.2. The van der Waals surface area contributed by atoms with Crippen LogP contribution >= 0.6 is 0 Å². The Bertz CT molecular complexity index is 726. The molecule has 29 heavy (non-hydrogen) atoms. The van der Waals surface area contributed by atoms with Crippen molar-refractivity contribution >= 4 is 11.8 Å². The minimum atomic E-state index is -0.0767. The fourth-order valence-electron chi connectivity index (χ4n) is 4.49. The molecule has 7 nitrogen and oxygen atoms in total. The van der Waals surface area contributed by atoms with Gasteiger partial charge in [0.15, 0.2) is 5.82 Å². The molecule has 1 atom stereocenters. The van der Waals surface area contributed by atoms with Crippen molar-refractivity contribution in [2.75, 3.05) is 39.8 Å². The monoisotopic (exact) mass is 401 g/mol. The second-order valence-corrected chi connectivity index (χ2v) is 8.33. The van der Waals surface area contributed by atoms with Crippen LogP contribution in [0.3, 0.4) is 0 Å². The Morgan fingerprint density at radius 3 is 2.41 bits per heavy atom.